The summed E-state index contributed by atoms with van der Waals surface area (Å²) < 4.78 is 5.51. The van der Waals surface area contributed by atoms with Gasteiger partial charge in [0, 0.05) is 14.1 Å². The Hall–Kier alpha value is -1.71. The van der Waals surface area contributed by atoms with Crippen molar-refractivity contribution in [1.29, 1.82) is 0 Å². The molecule has 4 heteroatoms. The van der Waals surface area contributed by atoms with Gasteiger partial charge in [0.15, 0.2) is 0 Å². The second-order valence-electron chi connectivity index (χ2n) is 4.05. The highest BCUT2D eigenvalue weighted by Gasteiger charge is 2.16. The van der Waals surface area contributed by atoms with Crippen LogP contribution < -0.4 is 4.74 Å². The molecule has 0 aromatic heterocycles. The molecule has 1 N–H and O–H groups in total. The van der Waals surface area contributed by atoms with Gasteiger partial charge in [-0.2, -0.15) is 0 Å². The summed E-state index contributed by atoms with van der Waals surface area (Å²) in [6, 6.07) is 4.52. The number of ether oxygens (including phenoxy) is 1. The monoisotopic (exact) mass is 223 g/mol. The maximum Gasteiger partial charge on any atom is 0.257 e. The van der Waals surface area contributed by atoms with Crippen molar-refractivity contribution >= 4 is 5.91 Å². The minimum atomic E-state index is -0.188. The molecule has 0 unspecified atom stereocenters. The minimum absolute atomic E-state index is 0.0155. The molecule has 4 nitrogen and oxygen atoms in total. The van der Waals surface area contributed by atoms with Crippen molar-refractivity contribution in [2.45, 2.75) is 20.0 Å². The molecule has 16 heavy (non-hydrogen) atoms. The molecule has 0 aliphatic rings. The number of phenolic OH excluding ortho intramolecular Hbond substituents is 1. The standard InChI is InChI=1S/C12H17NO3/c1-8(2)16-11-6-5-9(14)7-10(11)12(15)13(3)4/h5-8,14H,1-4H3. The molecule has 1 aromatic rings. The van der Waals surface area contributed by atoms with E-state index < -0.39 is 0 Å². The number of nitrogens with zero attached hydrogens (tertiary/aromatic N) is 1. The Labute approximate surface area is 95.5 Å². The molecular formula is C12H17NO3. The Morgan fingerprint density at radius 1 is 1.38 bits per heavy atom. The number of amides is 1. The number of phenols is 1. The molecule has 0 atom stereocenters. The molecule has 0 spiro atoms. The van der Waals surface area contributed by atoms with E-state index in [4.69, 9.17) is 4.74 Å². The second-order valence-corrected chi connectivity index (χ2v) is 4.05. The molecule has 0 bridgehead atoms. The largest absolute Gasteiger partial charge is 0.508 e. The molecule has 0 saturated heterocycles. The Morgan fingerprint density at radius 3 is 2.50 bits per heavy atom. The van der Waals surface area contributed by atoms with E-state index in [9.17, 15) is 9.90 Å². The van der Waals surface area contributed by atoms with E-state index >= 15 is 0 Å². The number of benzene rings is 1. The number of carbonyl (C=O) groups excluding carboxylic acids is 1. The fourth-order valence-electron chi connectivity index (χ4n) is 1.28. The average molecular weight is 223 g/mol. The van der Waals surface area contributed by atoms with Crippen molar-refractivity contribution in [3.8, 4) is 11.5 Å². The molecule has 0 aliphatic heterocycles. The summed E-state index contributed by atoms with van der Waals surface area (Å²) in [5.74, 6) is 0.361. The number of aromatic hydroxyl groups is 1. The Balaban J connectivity index is 3.12. The molecule has 88 valence electrons. The zero-order chi connectivity index (χ0) is 12.3. The van der Waals surface area contributed by atoms with Crippen LogP contribution in [0.1, 0.15) is 24.2 Å². The molecule has 0 heterocycles. The van der Waals surface area contributed by atoms with Crippen LogP contribution in [0.5, 0.6) is 11.5 Å². The van der Waals surface area contributed by atoms with E-state index in [2.05, 4.69) is 0 Å². The Morgan fingerprint density at radius 2 is 2.00 bits per heavy atom. The zero-order valence-corrected chi connectivity index (χ0v) is 10.0. The van der Waals surface area contributed by atoms with Crippen molar-refractivity contribution in [3.63, 3.8) is 0 Å². The molecule has 0 saturated carbocycles. The van der Waals surface area contributed by atoms with Crippen LogP contribution in [-0.2, 0) is 0 Å². The van der Waals surface area contributed by atoms with Crippen LogP contribution >= 0.6 is 0 Å². The first-order chi connectivity index (χ1) is 7.41. The van der Waals surface area contributed by atoms with Gasteiger partial charge in [-0.05, 0) is 32.0 Å². The quantitative estimate of drug-likeness (QED) is 0.851. The lowest BCUT2D eigenvalue weighted by Gasteiger charge is -2.16. The van der Waals surface area contributed by atoms with Gasteiger partial charge in [0.1, 0.15) is 11.5 Å². The van der Waals surface area contributed by atoms with Crippen molar-refractivity contribution in [3.05, 3.63) is 23.8 Å². The summed E-state index contributed by atoms with van der Waals surface area (Å²) in [4.78, 5) is 13.3. The van der Waals surface area contributed by atoms with Crippen LogP contribution in [0.4, 0.5) is 0 Å². The number of hydrogen-bond donors (Lipinski definition) is 1. The van der Waals surface area contributed by atoms with Gasteiger partial charge in [0.25, 0.3) is 5.91 Å². The van der Waals surface area contributed by atoms with E-state index in [1.54, 1.807) is 20.2 Å². The van der Waals surface area contributed by atoms with E-state index in [1.165, 1.54) is 17.0 Å². The van der Waals surface area contributed by atoms with Gasteiger partial charge in [-0.1, -0.05) is 0 Å². The predicted molar refractivity (Wildman–Crippen MR) is 61.9 cm³/mol. The van der Waals surface area contributed by atoms with Crippen LogP contribution in [0.15, 0.2) is 18.2 Å². The normalized spacial score (nSPS) is 10.3. The third kappa shape index (κ3) is 2.89. The molecule has 0 aliphatic carbocycles. The zero-order valence-electron chi connectivity index (χ0n) is 10.0. The third-order valence-electron chi connectivity index (χ3n) is 1.96. The lowest BCUT2D eigenvalue weighted by Crippen LogP contribution is -2.23. The van der Waals surface area contributed by atoms with Crippen molar-refractivity contribution in [1.82, 2.24) is 4.90 Å². The summed E-state index contributed by atoms with van der Waals surface area (Å²) in [5, 5.41) is 9.38. The summed E-state index contributed by atoms with van der Waals surface area (Å²) in [6.07, 6.45) is -0.0155. The van der Waals surface area contributed by atoms with Crippen LogP contribution in [0, 0.1) is 0 Å². The number of rotatable bonds is 3. The summed E-state index contributed by atoms with van der Waals surface area (Å²) >= 11 is 0. The average Bonchev–Trinajstić information content (AvgIpc) is 2.18. The van der Waals surface area contributed by atoms with Gasteiger partial charge in [-0.3, -0.25) is 4.79 Å². The predicted octanol–water partition coefficient (Wildman–Crippen LogP) is 1.88. The van der Waals surface area contributed by atoms with Crippen LogP contribution in [-0.4, -0.2) is 36.1 Å². The first-order valence-electron chi connectivity index (χ1n) is 5.13. The van der Waals surface area contributed by atoms with Crippen molar-refractivity contribution < 1.29 is 14.6 Å². The van der Waals surface area contributed by atoms with E-state index in [-0.39, 0.29) is 17.8 Å². The Kier molecular flexibility index (Phi) is 3.77. The topological polar surface area (TPSA) is 49.8 Å². The first-order valence-corrected chi connectivity index (χ1v) is 5.13. The lowest BCUT2D eigenvalue weighted by molar-refractivity contribution is 0.0821. The van der Waals surface area contributed by atoms with Gasteiger partial charge >= 0.3 is 0 Å². The lowest BCUT2D eigenvalue weighted by atomic mass is 10.1. The van der Waals surface area contributed by atoms with E-state index in [0.29, 0.717) is 11.3 Å². The Bertz CT molecular complexity index is 386. The fourth-order valence-corrected chi connectivity index (χ4v) is 1.28. The maximum absolute atomic E-state index is 11.8. The molecule has 1 aromatic carbocycles. The van der Waals surface area contributed by atoms with Crippen molar-refractivity contribution in [2.75, 3.05) is 14.1 Å². The third-order valence-corrected chi connectivity index (χ3v) is 1.96. The summed E-state index contributed by atoms with van der Waals surface area (Å²) in [7, 11) is 3.32. The van der Waals surface area contributed by atoms with Gasteiger partial charge in [-0.15, -0.1) is 0 Å². The van der Waals surface area contributed by atoms with Crippen molar-refractivity contribution in [2.24, 2.45) is 0 Å². The number of hydrogen-bond acceptors (Lipinski definition) is 3. The second kappa shape index (κ2) is 4.88. The molecule has 0 fully saturated rings. The summed E-state index contributed by atoms with van der Waals surface area (Å²) in [5.41, 5.74) is 0.374. The van der Waals surface area contributed by atoms with E-state index in [1.807, 2.05) is 13.8 Å². The molecule has 0 radical (unpaired) electrons. The van der Waals surface area contributed by atoms with E-state index in [0.717, 1.165) is 0 Å². The first kappa shape index (κ1) is 12.4. The molecular weight excluding hydrogens is 206 g/mol. The minimum Gasteiger partial charge on any atom is -0.508 e. The van der Waals surface area contributed by atoms with Gasteiger partial charge < -0.3 is 14.7 Å². The summed E-state index contributed by atoms with van der Waals surface area (Å²) in [6.45, 7) is 3.77. The van der Waals surface area contributed by atoms with Crippen LogP contribution in [0.25, 0.3) is 0 Å². The molecule has 1 amide bonds. The number of carbonyl (C=O) groups is 1. The maximum atomic E-state index is 11.8. The van der Waals surface area contributed by atoms with Crippen LogP contribution in [0.3, 0.4) is 0 Å². The molecule has 1 rings (SSSR count). The van der Waals surface area contributed by atoms with Gasteiger partial charge in [-0.25, -0.2) is 0 Å². The van der Waals surface area contributed by atoms with Gasteiger partial charge in [0.05, 0.1) is 11.7 Å². The highest BCUT2D eigenvalue weighted by molar-refractivity contribution is 5.97. The van der Waals surface area contributed by atoms with Gasteiger partial charge in [0.2, 0.25) is 0 Å². The smallest absolute Gasteiger partial charge is 0.257 e. The highest BCUT2D eigenvalue weighted by Crippen LogP contribution is 2.25. The highest BCUT2D eigenvalue weighted by atomic mass is 16.5. The van der Waals surface area contributed by atoms with Crippen LogP contribution in [0.2, 0.25) is 0 Å². The SMILES string of the molecule is CC(C)Oc1ccc(O)cc1C(=O)N(C)C. The fraction of sp³-hybridized carbons (Fsp3) is 0.417.